The lowest BCUT2D eigenvalue weighted by atomic mass is 10.0. The average Bonchev–Trinajstić information content (AvgIpc) is 2.29. The summed E-state index contributed by atoms with van der Waals surface area (Å²) in [6.45, 7) is 2.30. The zero-order valence-electron chi connectivity index (χ0n) is 9.05. The Balaban J connectivity index is 0.00000144. The molecule has 96 valence electrons. The number of hydrogen-bond acceptors (Lipinski definition) is 2. The standard InChI is InChI=1S/C11H13F3N2.ClH/c12-11(13,14)9-3-1-2-8(6-9)10-7-15-4-5-16-10;/h1-3,6,10,15-16H,4-5,7H2;1H/t10-;/m1./s1. The first kappa shape index (κ1) is 14.3. The van der Waals surface area contributed by atoms with Crippen molar-refractivity contribution in [3.05, 3.63) is 35.4 Å². The van der Waals surface area contributed by atoms with Crippen LogP contribution in [0.2, 0.25) is 0 Å². The first-order valence-corrected chi connectivity index (χ1v) is 5.18. The Morgan fingerprint density at radius 1 is 1.18 bits per heavy atom. The number of hydrogen-bond donors (Lipinski definition) is 2. The van der Waals surface area contributed by atoms with Gasteiger partial charge in [-0.3, -0.25) is 0 Å². The lowest BCUT2D eigenvalue weighted by molar-refractivity contribution is -0.137. The van der Waals surface area contributed by atoms with E-state index in [0.717, 1.165) is 19.2 Å². The number of benzene rings is 1. The third kappa shape index (κ3) is 3.59. The van der Waals surface area contributed by atoms with Gasteiger partial charge in [0.05, 0.1) is 5.56 Å². The molecule has 1 saturated heterocycles. The SMILES string of the molecule is Cl.FC(F)(F)c1cccc([C@H]2CNCCN2)c1. The van der Waals surface area contributed by atoms with Crippen molar-refractivity contribution in [3.63, 3.8) is 0 Å². The molecule has 1 aromatic rings. The van der Waals surface area contributed by atoms with Crippen LogP contribution in [0, 0.1) is 0 Å². The molecule has 0 aromatic heterocycles. The minimum atomic E-state index is -4.27. The van der Waals surface area contributed by atoms with E-state index in [4.69, 9.17) is 0 Å². The van der Waals surface area contributed by atoms with Crippen molar-refractivity contribution in [2.24, 2.45) is 0 Å². The molecular formula is C11H14ClF3N2. The third-order valence-corrected chi connectivity index (χ3v) is 2.66. The molecule has 0 amide bonds. The second-order valence-corrected chi connectivity index (χ2v) is 3.83. The molecule has 0 radical (unpaired) electrons. The lowest BCUT2D eigenvalue weighted by Crippen LogP contribution is -2.42. The molecule has 1 atom stereocenters. The van der Waals surface area contributed by atoms with Gasteiger partial charge in [-0.1, -0.05) is 12.1 Å². The van der Waals surface area contributed by atoms with Crippen molar-refractivity contribution in [1.82, 2.24) is 10.6 Å². The van der Waals surface area contributed by atoms with E-state index < -0.39 is 11.7 Å². The number of rotatable bonds is 1. The van der Waals surface area contributed by atoms with Gasteiger partial charge in [0.15, 0.2) is 0 Å². The van der Waals surface area contributed by atoms with Gasteiger partial charge in [-0.25, -0.2) is 0 Å². The summed E-state index contributed by atoms with van der Waals surface area (Å²) in [5.74, 6) is 0. The summed E-state index contributed by atoms with van der Waals surface area (Å²) in [5.41, 5.74) is 0.0967. The molecule has 17 heavy (non-hydrogen) atoms. The highest BCUT2D eigenvalue weighted by Crippen LogP contribution is 2.30. The van der Waals surface area contributed by atoms with E-state index in [2.05, 4.69) is 10.6 Å². The van der Waals surface area contributed by atoms with E-state index in [0.29, 0.717) is 12.1 Å². The van der Waals surface area contributed by atoms with Gasteiger partial charge in [0, 0.05) is 25.7 Å². The van der Waals surface area contributed by atoms with Crippen molar-refractivity contribution in [3.8, 4) is 0 Å². The quantitative estimate of drug-likeness (QED) is 0.815. The Hall–Kier alpha value is -0.780. The molecule has 0 aliphatic carbocycles. The summed E-state index contributed by atoms with van der Waals surface area (Å²) in [5, 5.41) is 6.33. The number of nitrogens with one attached hydrogen (secondary N) is 2. The third-order valence-electron chi connectivity index (χ3n) is 2.66. The normalized spacial score (nSPS) is 20.8. The maximum Gasteiger partial charge on any atom is 0.416 e. The predicted molar refractivity (Wildman–Crippen MR) is 62.3 cm³/mol. The Kier molecular flexibility index (Phi) is 4.80. The largest absolute Gasteiger partial charge is 0.416 e. The van der Waals surface area contributed by atoms with E-state index in [-0.39, 0.29) is 18.4 Å². The van der Waals surface area contributed by atoms with Crippen LogP contribution in [0.4, 0.5) is 13.2 Å². The molecule has 2 N–H and O–H groups in total. The molecule has 0 saturated carbocycles. The summed E-state index contributed by atoms with van der Waals surface area (Å²) in [6.07, 6.45) is -4.27. The van der Waals surface area contributed by atoms with Crippen LogP contribution in [0.3, 0.4) is 0 Å². The Morgan fingerprint density at radius 2 is 1.94 bits per heavy atom. The van der Waals surface area contributed by atoms with Crippen molar-refractivity contribution in [2.75, 3.05) is 19.6 Å². The predicted octanol–water partition coefficient (Wildman–Crippen LogP) is 2.36. The molecule has 1 aliphatic rings. The van der Waals surface area contributed by atoms with Crippen LogP contribution in [0.5, 0.6) is 0 Å². The molecular weight excluding hydrogens is 253 g/mol. The van der Waals surface area contributed by atoms with E-state index >= 15 is 0 Å². The van der Waals surface area contributed by atoms with Crippen LogP contribution in [0.15, 0.2) is 24.3 Å². The van der Waals surface area contributed by atoms with Crippen molar-refractivity contribution >= 4 is 12.4 Å². The lowest BCUT2D eigenvalue weighted by Gasteiger charge is -2.25. The molecule has 1 fully saturated rings. The van der Waals surface area contributed by atoms with Gasteiger partial charge in [-0.05, 0) is 17.7 Å². The highest BCUT2D eigenvalue weighted by atomic mass is 35.5. The molecule has 1 aromatic carbocycles. The second kappa shape index (κ2) is 5.71. The fraction of sp³-hybridized carbons (Fsp3) is 0.455. The van der Waals surface area contributed by atoms with Gasteiger partial charge in [0.25, 0.3) is 0 Å². The highest BCUT2D eigenvalue weighted by Gasteiger charge is 2.31. The smallest absolute Gasteiger partial charge is 0.314 e. The highest BCUT2D eigenvalue weighted by molar-refractivity contribution is 5.85. The molecule has 1 aliphatic heterocycles. The van der Waals surface area contributed by atoms with Crippen molar-refractivity contribution < 1.29 is 13.2 Å². The van der Waals surface area contributed by atoms with Crippen LogP contribution in [-0.2, 0) is 6.18 Å². The first-order valence-electron chi connectivity index (χ1n) is 5.18. The van der Waals surface area contributed by atoms with Gasteiger partial charge < -0.3 is 10.6 Å². The Morgan fingerprint density at radius 3 is 2.53 bits per heavy atom. The van der Waals surface area contributed by atoms with Crippen molar-refractivity contribution in [2.45, 2.75) is 12.2 Å². The number of alkyl halides is 3. The first-order chi connectivity index (χ1) is 7.57. The zero-order valence-corrected chi connectivity index (χ0v) is 9.87. The second-order valence-electron chi connectivity index (χ2n) is 3.83. The minimum absolute atomic E-state index is 0. The maximum absolute atomic E-state index is 12.5. The van der Waals surface area contributed by atoms with E-state index in [1.54, 1.807) is 6.07 Å². The van der Waals surface area contributed by atoms with Crippen LogP contribution < -0.4 is 10.6 Å². The van der Waals surface area contributed by atoms with Gasteiger partial charge in [0.2, 0.25) is 0 Å². The van der Waals surface area contributed by atoms with Gasteiger partial charge in [-0.2, -0.15) is 13.2 Å². The molecule has 0 bridgehead atoms. The van der Waals surface area contributed by atoms with Gasteiger partial charge in [-0.15, -0.1) is 12.4 Å². The van der Waals surface area contributed by atoms with Gasteiger partial charge in [0.1, 0.15) is 0 Å². The molecule has 2 nitrogen and oxygen atoms in total. The molecule has 2 rings (SSSR count). The summed E-state index contributed by atoms with van der Waals surface area (Å²) in [6, 6.07) is 5.45. The fourth-order valence-electron chi connectivity index (χ4n) is 1.82. The van der Waals surface area contributed by atoms with E-state index in [1.165, 1.54) is 12.1 Å². The topological polar surface area (TPSA) is 24.1 Å². The molecule has 6 heteroatoms. The van der Waals surface area contributed by atoms with Crippen LogP contribution >= 0.6 is 12.4 Å². The van der Waals surface area contributed by atoms with Crippen LogP contribution in [0.25, 0.3) is 0 Å². The van der Waals surface area contributed by atoms with Gasteiger partial charge >= 0.3 is 6.18 Å². The monoisotopic (exact) mass is 266 g/mol. The minimum Gasteiger partial charge on any atom is -0.314 e. The summed E-state index contributed by atoms with van der Waals surface area (Å²) in [4.78, 5) is 0. The van der Waals surface area contributed by atoms with E-state index in [1.807, 2.05) is 0 Å². The number of halogens is 4. The number of piperazine rings is 1. The molecule has 0 unspecified atom stereocenters. The summed E-state index contributed by atoms with van der Waals surface area (Å²) < 4.78 is 37.5. The Bertz CT molecular complexity index is 362. The van der Waals surface area contributed by atoms with Crippen molar-refractivity contribution in [1.29, 1.82) is 0 Å². The Labute approximate surface area is 104 Å². The molecule has 1 heterocycles. The average molecular weight is 267 g/mol. The van der Waals surface area contributed by atoms with Crippen LogP contribution in [-0.4, -0.2) is 19.6 Å². The van der Waals surface area contributed by atoms with Crippen LogP contribution in [0.1, 0.15) is 17.2 Å². The summed E-state index contributed by atoms with van der Waals surface area (Å²) >= 11 is 0. The molecule has 0 spiro atoms. The fourth-order valence-corrected chi connectivity index (χ4v) is 1.82. The zero-order chi connectivity index (χ0) is 11.6. The summed E-state index contributed by atoms with van der Waals surface area (Å²) in [7, 11) is 0. The van der Waals surface area contributed by atoms with E-state index in [9.17, 15) is 13.2 Å². The maximum atomic E-state index is 12.5.